The van der Waals surface area contributed by atoms with Crippen LogP contribution >= 0.6 is 15.9 Å². The van der Waals surface area contributed by atoms with Gasteiger partial charge in [0.1, 0.15) is 6.04 Å². The number of benzene rings is 1. The number of nitrogens with two attached hydrogens (primary N) is 1. The van der Waals surface area contributed by atoms with Crippen LogP contribution in [0.15, 0.2) is 22.7 Å². The lowest BCUT2D eigenvalue weighted by Gasteiger charge is -2.20. The normalized spacial score (nSPS) is 14.4. The zero-order valence-electron chi connectivity index (χ0n) is 10.5. The van der Waals surface area contributed by atoms with Crippen LogP contribution in [0.5, 0.6) is 0 Å². The van der Waals surface area contributed by atoms with Gasteiger partial charge in [-0.3, -0.25) is 10.1 Å². The maximum Gasteiger partial charge on any atom is 0.239 e. The fourth-order valence-electron chi connectivity index (χ4n) is 1.59. The summed E-state index contributed by atoms with van der Waals surface area (Å²) in [6, 6.07) is 5.68. The van der Waals surface area contributed by atoms with Crippen LogP contribution in [0.25, 0.3) is 0 Å². The van der Waals surface area contributed by atoms with Gasteiger partial charge >= 0.3 is 0 Å². The Balaban J connectivity index is 2.97. The molecule has 4 heteroatoms. The molecule has 0 saturated carbocycles. The Bertz CT molecular complexity index is 406. The third-order valence-corrected chi connectivity index (χ3v) is 3.75. The minimum Gasteiger partial charge on any atom is -0.368 e. The quantitative estimate of drug-likeness (QED) is 0.878. The highest BCUT2D eigenvalue weighted by atomic mass is 79.9. The Kier molecular flexibility index (Phi) is 5.15. The van der Waals surface area contributed by atoms with Crippen molar-refractivity contribution in [2.45, 2.75) is 39.3 Å². The summed E-state index contributed by atoms with van der Waals surface area (Å²) in [5.41, 5.74) is 7.46. The summed E-state index contributed by atoms with van der Waals surface area (Å²) >= 11 is 3.44. The molecular formula is C13H19BrN2O. The summed E-state index contributed by atoms with van der Waals surface area (Å²) in [4.78, 5) is 11.5. The van der Waals surface area contributed by atoms with Crippen LogP contribution in [-0.2, 0) is 4.79 Å². The van der Waals surface area contributed by atoms with Crippen molar-refractivity contribution in [2.75, 3.05) is 0 Å². The number of aryl methyl sites for hydroxylation is 1. The number of nitrogens with one attached hydrogen (secondary N) is 1. The number of carbonyl (C=O) groups excluding carboxylic acids is 1. The summed E-state index contributed by atoms with van der Waals surface area (Å²) in [7, 11) is 0. The van der Waals surface area contributed by atoms with Crippen molar-refractivity contribution in [3.63, 3.8) is 0 Å². The Morgan fingerprint density at radius 3 is 2.65 bits per heavy atom. The fourth-order valence-corrected chi connectivity index (χ4v) is 1.84. The molecule has 0 aliphatic rings. The topological polar surface area (TPSA) is 55.1 Å². The lowest BCUT2D eigenvalue weighted by molar-refractivity contribution is -0.120. The first-order valence-corrected chi connectivity index (χ1v) is 6.56. The van der Waals surface area contributed by atoms with Gasteiger partial charge < -0.3 is 5.73 Å². The zero-order valence-corrected chi connectivity index (χ0v) is 12.0. The average Bonchev–Trinajstić information content (AvgIpc) is 2.29. The van der Waals surface area contributed by atoms with E-state index in [4.69, 9.17) is 5.73 Å². The number of amides is 1. The van der Waals surface area contributed by atoms with Gasteiger partial charge in [-0.2, -0.15) is 0 Å². The maximum absolute atomic E-state index is 11.5. The van der Waals surface area contributed by atoms with E-state index in [0.717, 1.165) is 22.0 Å². The van der Waals surface area contributed by atoms with Gasteiger partial charge in [-0.1, -0.05) is 35.0 Å². The second-order valence-electron chi connectivity index (χ2n) is 4.32. The molecule has 2 atom stereocenters. The molecule has 17 heavy (non-hydrogen) atoms. The smallest absolute Gasteiger partial charge is 0.239 e. The maximum atomic E-state index is 11.5. The van der Waals surface area contributed by atoms with E-state index in [-0.39, 0.29) is 11.9 Å². The van der Waals surface area contributed by atoms with Crippen LogP contribution < -0.4 is 11.1 Å². The molecule has 3 nitrogen and oxygen atoms in total. The molecule has 0 fully saturated rings. The van der Waals surface area contributed by atoms with Crippen molar-refractivity contribution in [1.82, 2.24) is 5.32 Å². The zero-order chi connectivity index (χ0) is 13.0. The summed E-state index contributed by atoms with van der Waals surface area (Å²) in [6.07, 6.45) is 0.958. The summed E-state index contributed by atoms with van der Waals surface area (Å²) in [5.74, 6) is -0.341. The van der Waals surface area contributed by atoms with Gasteiger partial charge in [0.25, 0.3) is 0 Å². The number of halogens is 1. The molecule has 0 radical (unpaired) electrons. The lowest BCUT2D eigenvalue weighted by Crippen LogP contribution is -2.38. The monoisotopic (exact) mass is 298 g/mol. The van der Waals surface area contributed by atoms with E-state index in [1.54, 1.807) is 0 Å². The molecule has 1 aromatic carbocycles. The van der Waals surface area contributed by atoms with Crippen LogP contribution in [0.1, 0.15) is 37.4 Å². The van der Waals surface area contributed by atoms with Crippen molar-refractivity contribution in [3.05, 3.63) is 33.8 Å². The molecule has 0 aliphatic heterocycles. The lowest BCUT2D eigenvalue weighted by atomic mass is 10.0. The van der Waals surface area contributed by atoms with Crippen molar-refractivity contribution in [2.24, 2.45) is 5.73 Å². The number of primary amides is 1. The molecule has 2 unspecified atom stereocenters. The van der Waals surface area contributed by atoms with Gasteiger partial charge in [-0.05, 0) is 37.5 Å². The molecule has 0 aromatic heterocycles. The van der Waals surface area contributed by atoms with E-state index in [2.05, 4.69) is 28.2 Å². The standard InChI is InChI=1S/C13H19BrN2O/c1-4-9(3)16-12(13(15)17)10-5-6-11(14)8(2)7-10/h5-7,9,12,16H,4H2,1-3H3,(H2,15,17). The molecule has 1 rings (SSSR count). The van der Waals surface area contributed by atoms with Gasteiger partial charge in [0.15, 0.2) is 0 Å². The predicted molar refractivity (Wildman–Crippen MR) is 73.7 cm³/mol. The number of rotatable bonds is 5. The van der Waals surface area contributed by atoms with Gasteiger partial charge in [-0.15, -0.1) is 0 Å². The molecule has 0 saturated heterocycles. The third-order valence-electron chi connectivity index (χ3n) is 2.86. The summed E-state index contributed by atoms with van der Waals surface area (Å²) in [5, 5.41) is 3.24. The van der Waals surface area contributed by atoms with Crippen molar-refractivity contribution < 1.29 is 4.79 Å². The average molecular weight is 299 g/mol. The first-order chi connectivity index (χ1) is 7.95. The van der Waals surface area contributed by atoms with Crippen LogP contribution in [-0.4, -0.2) is 11.9 Å². The number of hydrogen-bond donors (Lipinski definition) is 2. The second kappa shape index (κ2) is 6.17. The predicted octanol–water partition coefficient (Wildman–Crippen LogP) is 2.67. The van der Waals surface area contributed by atoms with E-state index in [1.165, 1.54) is 0 Å². The Morgan fingerprint density at radius 2 is 2.18 bits per heavy atom. The van der Waals surface area contributed by atoms with Gasteiger partial charge in [0.2, 0.25) is 5.91 Å². The third kappa shape index (κ3) is 3.82. The van der Waals surface area contributed by atoms with Gasteiger partial charge in [0.05, 0.1) is 0 Å². The van der Waals surface area contributed by atoms with E-state index in [1.807, 2.05) is 32.0 Å². The summed E-state index contributed by atoms with van der Waals surface area (Å²) in [6.45, 7) is 6.11. The number of hydrogen-bond acceptors (Lipinski definition) is 2. The Labute approximate surface area is 111 Å². The molecule has 94 valence electrons. The summed E-state index contributed by atoms with van der Waals surface area (Å²) < 4.78 is 1.04. The SMILES string of the molecule is CCC(C)NC(C(N)=O)c1ccc(Br)c(C)c1. The molecule has 0 heterocycles. The Hall–Kier alpha value is -0.870. The highest BCUT2D eigenvalue weighted by Gasteiger charge is 2.19. The molecule has 1 aromatic rings. The first kappa shape index (κ1) is 14.2. The fraction of sp³-hybridized carbons (Fsp3) is 0.462. The van der Waals surface area contributed by atoms with E-state index < -0.39 is 6.04 Å². The molecule has 1 amide bonds. The molecule has 0 aliphatic carbocycles. The van der Waals surface area contributed by atoms with E-state index in [9.17, 15) is 4.79 Å². The minimum atomic E-state index is -0.420. The largest absolute Gasteiger partial charge is 0.368 e. The Morgan fingerprint density at radius 1 is 1.53 bits per heavy atom. The van der Waals surface area contributed by atoms with Crippen molar-refractivity contribution >= 4 is 21.8 Å². The molecule has 0 spiro atoms. The highest BCUT2D eigenvalue weighted by Crippen LogP contribution is 2.21. The van der Waals surface area contributed by atoms with Gasteiger partial charge in [-0.25, -0.2) is 0 Å². The molecule has 0 bridgehead atoms. The highest BCUT2D eigenvalue weighted by molar-refractivity contribution is 9.10. The molecule has 3 N–H and O–H groups in total. The van der Waals surface area contributed by atoms with E-state index in [0.29, 0.717) is 0 Å². The van der Waals surface area contributed by atoms with Crippen LogP contribution in [0.2, 0.25) is 0 Å². The molecular weight excluding hydrogens is 280 g/mol. The van der Waals surface area contributed by atoms with Gasteiger partial charge in [0, 0.05) is 10.5 Å². The van der Waals surface area contributed by atoms with E-state index >= 15 is 0 Å². The van der Waals surface area contributed by atoms with Crippen molar-refractivity contribution in [1.29, 1.82) is 0 Å². The first-order valence-electron chi connectivity index (χ1n) is 5.77. The van der Waals surface area contributed by atoms with Crippen LogP contribution in [0, 0.1) is 6.92 Å². The van der Waals surface area contributed by atoms with Crippen LogP contribution in [0.3, 0.4) is 0 Å². The second-order valence-corrected chi connectivity index (χ2v) is 5.17. The van der Waals surface area contributed by atoms with Crippen molar-refractivity contribution in [3.8, 4) is 0 Å². The minimum absolute atomic E-state index is 0.261. The number of carbonyl (C=O) groups is 1. The van der Waals surface area contributed by atoms with Crippen LogP contribution in [0.4, 0.5) is 0 Å².